The van der Waals surface area contributed by atoms with Gasteiger partial charge in [0.15, 0.2) is 11.5 Å². The zero-order valence-corrected chi connectivity index (χ0v) is 17.4. The van der Waals surface area contributed by atoms with Gasteiger partial charge in [0, 0.05) is 12.1 Å². The topological polar surface area (TPSA) is 60.0 Å². The average molecular weight is 399 g/mol. The molecule has 0 aromatic heterocycles. The Balaban J connectivity index is 1.75. The van der Waals surface area contributed by atoms with Crippen LogP contribution < -0.4 is 19.5 Å². The Hall–Kier alpha value is -2.73. The van der Waals surface area contributed by atoms with Crippen LogP contribution in [0.1, 0.15) is 41.7 Å². The molecule has 1 aliphatic heterocycles. The number of benzene rings is 2. The summed E-state index contributed by atoms with van der Waals surface area (Å²) < 4.78 is 16.3. The van der Waals surface area contributed by atoms with Crippen molar-refractivity contribution in [2.75, 3.05) is 40.5 Å². The molecule has 1 atom stereocenters. The van der Waals surface area contributed by atoms with Crippen LogP contribution in [0.15, 0.2) is 42.5 Å². The van der Waals surface area contributed by atoms with Crippen LogP contribution in [0, 0.1) is 0 Å². The molecule has 2 aromatic rings. The van der Waals surface area contributed by atoms with Gasteiger partial charge in [0.1, 0.15) is 5.75 Å². The fourth-order valence-electron chi connectivity index (χ4n) is 3.74. The number of likely N-dealkylation sites (tertiary alicyclic amines) is 1. The first-order valence-corrected chi connectivity index (χ1v) is 10.1. The summed E-state index contributed by atoms with van der Waals surface area (Å²) in [6.45, 7) is 5.01. The van der Waals surface area contributed by atoms with E-state index in [4.69, 9.17) is 14.2 Å². The van der Waals surface area contributed by atoms with Gasteiger partial charge in [-0.15, -0.1) is 0 Å². The number of hydrogen-bond acceptors (Lipinski definition) is 5. The minimum atomic E-state index is -0.124. The molecule has 29 heavy (non-hydrogen) atoms. The van der Waals surface area contributed by atoms with Crippen LogP contribution in [0.5, 0.6) is 17.2 Å². The van der Waals surface area contributed by atoms with Gasteiger partial charge in [0.05, 0.1) is 26.9 Å². The number of nitrogens with zero attached hydrogens (tertiary/aromatic N) is 1. The second-order valence-corrected chi connectivity index (χ2v) is 7.04. The molecule has 3 rings (SSSR count). The van der Waals surface area contributed by atoms with Gasteiger partial charge in [-0.1, -0.05) is 12.1 Å². The maximum atomic E-state index is 12.8. The normalized spacial score (nSPS) is 15.0. The van der Waals surface area contributed by atoms with Crippen molar-refractivity contribution in [3.8, 4) is 17.2 Å². The number of hydrogen-bond donors (Lipinski definition) is 1. The Bertz CT molecular complexity index is 818. The molecule has 0 saturated carbocycles. The lowest BCUT2D eigenvalue weighted by Crippen LogP contribution is -2.36. The molecule has 1 unspecified atom stereocenters. The summed E-state index contributed by atoms with van der Waals surface area (Å²) in [7, 11) is 3.26. The number of carbonyl (C=O) groups is 1. The van der Waals surface area contributed by atoms with Crippen LogP contribution in [-0.4, -0.2) is 51.3 Å². The minimum Gasteiger partial charge on any atom is -0.497 e. The Kier molecular flexibility index (Phi) is 7.36. The molecule has 1 N–H and O–H groups in total. The zero-order valence-electron chi connectivity index (χ0n) is 17.4. The van der Waals surface area contributed by atoms with E-state index in [9.17, 15) is 4.79 Å². The predicted molar refractivity (Wildman–Crippen MR) is 113 cm³/mol. The van der Waals surface area contributed by atoms with Crippen molar-refractivity contribution in [1.29, 1.82) is 0 Å². The Labute approximate surface area is 172 Å². The summed E-state index contributed by atoms with van der Waals surface area (Å²) in [6.07, 6.45) is 2.37. The highest BCUT2D eigenvalue weighted by atomic mass is 16.5. The summed E-state index contributed by atoms with van der Waals surface area (Å²) >= 11 is 0. The molecule has 6 nitrogen and oxygen atoms in total. The number of rotatable bonds is 9. The van der Waals surface area contributed by atoms with Crippen LogP contribution in [0.25, 0.3) is 0 Å². The van der Waals surface area contributed by atoms with Crippen molar-refractivity contribution in [3.63, 3.8) is 0 Å². The molecule has 1 saturated heterocycles. The van der Waals surface area contributed by atoms with Crippen LogP contribution >= 0.6 is 0 Å². The summed E-state index contributed by atoms with van der Waals surface area (Å²) in [5.41, 5.74) is 1.70. The Morgan fingerprint density at radius 1 is 1.07 bits per heavy atom. The average Bonchev–Trinajstić information content (AvgIpc) is 3.28. The number of amides is 1. The summed E-state index contributed by atoms with van der Waals surface area (Å²) in [5, 5.41) is 3.10. The largest absolute Gasteiger partial charge is 0.497 e. The van der Waals surface area contributed by atoms with Gasteiger partial charge in [0.25, 0.3) is 5.91 Å². The number of nitrogens with one attached hydrogen (secondary N) is 1. The molecule has 0 aliphatic carbocycles. The van der Waals surface area contributed by atoms with Crippen molar-refractivity contribution < 1.29 is 19.0 Å². The summed E-state index contributed by atoms with van der Waals surface area (Å²) in [4.78, 5) is 15.2. The lowest BCUT2D eigenvalue weighted by atomic mass is 10.0. The molecule has 1 heterocycles. The maximum absolute atomic E-state index is 12.8. The highest BCUT2D eigenvalue weighted by molar-refractivity contribution is 5.94. The quantitative estimate of drug-likeness (QED) is 0.698. The molecule has 0 spiro atoms. The lowest BCUT2D eigenvalue weighted by molar-refractivity contribution is 0.0937. The van der Waals surface area contributed by atoms with E-state index in [2.05, 4.69) is 22.3 Å². The molecule has 6 heteroatoms. The van der Waals surface area contributed by atoms with Gasteiger partial charge in [-0.05, 0) is 68.8 Å². The molecule has 1 amide bonds. The number of carbonyl (C=O) groups excluding carboxylic acids is 1. The Morgan fingerprint density at radius 3 is 2.55 bits per heavy atom. The van der Waals surface area contributed by atoms with Crippen LogP contribution in [0.2, 0.25) is 0 Å². The van der Waals surface area contributed by atoms with Gasteiger partial charge in [-0.25, -0.2) is 0 Å². The summed E-state index contributed by atoms with van der Waals surface area (Å²) in [6, 6.07) is 13.4. The second kappa shape index (κ2) is 10.2. The predicted octanol–water partition coefficient (Wildman–Crippen LogP) is 3.67. The first kappa shape index (κ1) is 21.0. The molecule has 1 aliphatic rings. The lowest BCUT2D eigenvalue weighted by Gasteiger charge is -2.28. The molecule has 2 aromatic carbocycles. The minimum absolute atomic E-state index is 0.112. The maximum Gasteiger partial charge on any atom is 0.251 e. The van der Waals surface area contributed by atoms with E-state index in [1.165, 1.54) is 12.8 Å². The first-order valence-electron chi connectivity index (χ1n) is 10.1. The van der Waals surface area contributed by atoms with Crippen molar-refractivity contribution in [2.45, 2.75) is 25.8 Å². The number of methoxy groups -OCH3 is 2. The summed E-state index contributed by atoms with van der Waals surface area (Å²) in [5.74, 6) is 1.90. The van der Waals surface area contributed by atoms with E-state index >= 15 is 0 Å². The molecular weight excluding hydrogens is 368 g/mol. The standard InChI is InChI=1S/C23H30N2O4/c1-4-29-22-15-18(10-11-21(22)28-3)23(26)24-16-20(25-12-5-6-13-25)17-8-7-9-19(14-17)27-2/h7-11,14-15,20H,4-6,12-13,16H2,1-3H3,(H,24,26). The van der Waals surface area contributed by atoms with Crippen molar-refractivity contribution >= 4 is 5.91 Å². The van der Waals surface area contributed by atoms with Gasteiger partial charge in [0.2, 0.25) is 0 Å². The van der Waals surface area contributed by atoms with E-state index in [-0.39, 0.29) is 11.9 Å². The molecule has 0 radical (unpaired) electrons. The van der Waals surface area contributed by atoms with Crippen LogP contribution in [-0.2, 0) is 0 Å². The van der Waals surface area contributed by atoms with E-state index in [1.54, 1.807) is 32.4 Å². The van der Waals surface area contributed by atoms with E-state index in [0.29, 0.717) is 30.2 Å². The third-order valence-corrected chi connectivity index (χ3v) is 5.24. The van der Waals surface area contributed by atoms with E-state index < -0.39 is 0 Å². The SMILES string of the molecule is CCOc1cc(C(=O)NCC(c2cccc(OC)c2)N2CCCC2)ccc1OC. The van der Waals surface area contributed by atoms with Gasteiger partial charge in [-0.2, -0.15) is 0 Å². The monoisotopic (exact) mass is 398 g/mol. The van der Waals surface area contributed by atoms with Crippen molar-refractivity contribution in [3.05, 3.63) is 53.6 Å². The highest BCUT2D eigenvalue weighted by Crippen LogP contribution is 2.29. The fourth-order valence-corrected chi connectivity index (χ4v) is 3.74. The molecule has 156 valence electrons. The number of ether oxygens (including phenoxy) is 3. The van der Waals surface area contributed by atoms with Crippen LogP contribution in [0.4, 0.5) is 0 Å². The van der Waals surface area contributed by atoms with Gasteiger partial charge >= 0.3 is 0 Å². The third-order valence-electron chi connectivity index (χ3n) is 5.24. The third kappa shape index (κ3) is 5.21. The molecular formula is C23H30N2O4. The van der Waals surface area contributed by atoms with Gasteiger partial charge < -0.3 is 19.5 Å². The zero-order chi connectivity index (χ0) is 20.6. The van der Waals surface area contributed by atoms with Gasteiger partial charge in [-0.3, -0.25) is 9.69 Å². The van der Waals surface area contributed by atoms with Crippen molar-refractivity contribution in [2.24, 2.45) is 0 Å². The fraction of sp³-hybridized carbons (Fsp3) is 0.435. The second-order valence-electron chi connectivity index (χ2n) is 7.04. The first-order chi connectivity index (χ1) is 14.2. The Morgan fingerprint density at radius 2 is 1.86 bits per heavy atom. The van der Waals surface area contributed by atoms with E-state index in [1.807, 2.05) is 19.1 Å². The highest BCUT2D eigenvalue weighted by Gasteiger charge is 2.24. The molecule has 0 bridgehead atoms. The van der Waals surface area contributed by atoms with Crippen molar-refractivity contribution in [1.82, 2.24) is 10.2 Å². The van der Waals surface area contributed by atoms with Crippen LogP contribution in [0.3, 0.4) is 0 Å². The smallest absolute Gasteiger partial charge is 0.251 e. The molecule has 1 fully saturated rings. The van der Waals surface area contributed by atoms with E-state index in [0.717, 1.165) is 24.4 Å².